The molecule has 3 nitrogen and oxygen atoms in total. The maximum absolute atomic E-state index is 9.23. The largest absolute Gasteiger partial charge is 0.299 e. The van der Waals surface area contributed by atoms with Crippen molar-refractivity contribution in [3.05, 3.63) is 0 Å². The SMILES string of the molecule is CC[C@@H](C[C@@H](C)[C@@H](C)CCl)[C@H](Cl)[C@@H](C)N(N)O. The quantitative estimate of drug-likeness (QED) is 0.408. The molecule has 0 aromatic carbocycles. The second-order valence-electron chi connectivity index (χ2n) is 5.08. The average molecular weight is 285 g/mol. The number of halogens is 2. The zero-order chi connectivity index (χ0) is 13.6. The van der Waals surface area contributed by atoms with Crippen molar-refractivity contribution in [1.82, 2.24) is 5.17 Å². The number of hydroxylamine groups is 1. The molecular weight excluding hydrogens is 259 g/mol. The van der Waals surface area contributed by atoms with Crippen molar-refractivity contribution in [2.75, 3.05) is 5.88 Å². The molecule has 0 aromatic rings. The van der Waals surface area contributed by atoms with Gasteiger partial charge >= 0.3 is 0 Å². The van der Waals surface area contributed by atoms with E-state index in [1.54, 1.807) is 0 Å². The van der Waals surface area contributed by atoms with Gasteiger partial charge < -0.3 is 0 Å². The monoisotopic (exact) mass is 284 g/mol. The van der Waals surface area contributed by atoms with Crippen LogP contribution in [0.15, 0.2) is 0 Å². The lowest BCUT2D eigenvalue weighted by molar-refractivity contribution is -0.128. The highest BCUT2D eigenvalue weighted by molar-refractivity contribution is 6.21. The van der Waals surface area contributed by atoms with Crippen LogP contribution in [0.25, 0.3) is 0 Å². The Labute approximate surface area is 115 Å². The lowest BCUT2D eigenvalue weighted by atomic mass is 9.83. The van der Waals surface area contributed by atoms with Gasteiger partial charge in [0.25, 0.3) is 0 Å². The van der Waals surface area contributed by atoms with Crippen LogP contribution < -0.4 is 5.84 Å². The molecule has 0 spiro atoms. The van der Waals surface area contributed by atoms with Crippen LogP contribution in [0.3, 0.4) is 0 Å². The first-order valence-corrected chi connectivity index (χ1v) is 7.24. The van der Waals surface area contributed by atoms with E-state index in [0.29, 0.717) is 28.8 Å². The number of rotatable bonds is 8. The van der Waals surface area contributed by atoms with Crippen molar-refractivity contribution in [3.8, 4) is 0 Å². The van der Waals surface area contributed by atoms with Crippen molar-refractivity contribution < 1.29 is 5.21 Å². The summed E-state index contributed by atoms with van der Waals surface area (Å²) in [6.45, 7) is 8.29. The summed E-state index contributed by atoms with van der Waals surface area (Å²) in [4.78, 5) is 0. The standard InChI is InChI=1S/C12H26Cl2N2O/c1-5-11(6-8(2)9(3)7-13)12(14)10(4)16(15)17/h8-12,17H,5-7,15H2,1-4H3/t8-,9+,10-,11+,12-/m1/s1. The number of nitrogens with two attached hydrogens (primary N) is 1. The molecule has 0 unspecified atom stereocenters. The zero-order valence-electron chi connectivity index (χ0n) is 11.2. The number of nitrogens with zero attached hydrogens (tertiary/aromatic N) is 1. The van der Waals surface area contributed by atoms with Gasteiger partial charge in [-0.15, -0.1) is 28.4 Å². The first-order valence-electron chi connectivity index (χ1n) is 6.27. The number of hydrogen-bond donors (Lipinski definition) is 2. The molecule has 17 heavy (non-hydrogen) atoms. The van der Waals surface area contributed by atoms with Gasteiger partial charge in [0.05, 0.1) is 11.4 Å². The molecule has 0 aliphatic carbocycles. The molecule has 0 amide bonds. The molecule has 0 radical (unpaired) electrons. The van der Waals surface area contributed by atoms with Gasteiger partial charge in [-0.1, -0.05) is 27.2 Å². The maximum atomic E-state index is 9.23. The third-order valence-corrected chi connectivity index (χ3v) is 4.95. The van der Waals surface area contributed by atoms with Crippen LogP contribution in [0.1, 0.15) is 40.5 Å². The number of alkyl halides is 2. The van der Waals surface area contributed by atoms with E-state index in [4.69, 9.17) is 29.0 Å². The fourth-order valence-electron chi connectivity index (χ4n) is 1.92. The molecule has 0 aliphatic heterocycles. The lowest BCUT2D eigenvalue weighted by Crippen LogP contribution is -2.44. The normalized spacial score (nSPS) is 21.0. The van der Waals surface area contributed by atoms with E-state index >= 15 is 0 Å². The van der Waals surface area contributed by atoms with Gasteiger partial charge in [0.15, 0.2) is 0 Å². The summed E-state index contributed by atoms with van der Waals surface area (Å²) in [7, 11) is 0. The van der Waals surface area contributed by atoms with Crippen molar-refractivity contribution in [3.63, 3.8) is 0 Å². The molecule has 0 aliphatic rings. The Kier molecular flexibility index (Phi) is 8.77. The van der Waals surface area contributed by atoms with E-state index in [1.807, 2.05) is 6.92 Å². The second kappa shape index (κ2) is 8.54. The summed E-state index contributed by atoms with van der Waals surface area (Å²) < 4.78 is 0. The molecule has 0 bridgehead atoms. The van der Waals surface area contributed by atoms with Gasteiger partial charge in [-0.05, 0) is 31.1 Å². The van der Waals surface area contributed by atoms with Crippen molar-refractivity contribution in [2.24, 2.45) is 23.6 Å². The number of hydrogen-bond acceptors (Lipinski definition) is 3. The summed E-state index contributed by atoms with van der Waals surface area (Å²) in [5.74, 6) is 7.34. The zero-order valence-corrected chi connectivity index (χ0v) is 12.7. The Balaban J connectivity index is 4.41. The van der Waals surface area contributed by atoms with Crippen molar-refractivity contribution in [1.29, 1.82) is 0 Å². The van der Waals surface area contributed by atoms with Crippen LogP contribution in [0.2, 0.25) is 0 Å². The minimum absolute atomic E-state index is 0.153. The lowest BCUT2D eigenvalue weighted by Gasteiger charge is -2.31. The van der Waals surface area contributed by atoms with Crippen LogP contribution in [0.5, 0.6) is 0 Å². The van der Waals surface area contributed by atoms with E-state index in [2.05, 4.69) is 20.8 Å². The minimum atomic E-state index is -0.250. The Morgan fingerprint density at radius 2 is 1.76 bits per heavy atom. The van der Waals surface area contributed by atoms with Gasteiger partial charge in [0.1, 0.15) is 0 Å². The van der Waals surface area contributed by atoms with Crippen LogP contribution >= 0.6 is 23.2 Å². The predicted molar refractivity (Wildman–Crippen MR) is 74.4 cm³/mol. The Morgan fingerprint density at radius 3 is 2.12 bits per heavy atom. The molecule has 0 saturated carbocycles. The molecule has 0 fully saturated rings. The maximum Gasteiger partial charge on any atom is 0.0645 e. The van der Waals surface area contributed by atoms with Gasteiger partial charge in [-0.3, -0.25) is 5.21 Å². The molecule has 0 saturated heterocycles. The fraction of sp³-hybridized carbons (Fsp3) is 1.00. The molecule has 0 heterocycles. The van der Waals surface area contributed by atoms with Crippen LogP contribution in [0.4, 0.5) is 0 Å². The second-order valence-corrected chi connectivity index (χ2v) is 5.89. The first-order chi connectivity index (χ1) is 7.84. The summed E-state index contributed by atoms with van der Waals surface area (Å²) in [6.07, 6.45) is 1.99. The molecule has 5 atom stereocenters. The molecule has 5 heteroatoms. The average Bonchev–Trinajstić information content (AvgIpc) is 2.32. The predicted octanol–water partition coefficient (Wildman–Crippen LogP) is 3.47. The van der Waals surface area contributed by atoms with Gasteiger partial charge in [0, 0.05) is 5.88 Å². The van der Waals surface area contributed by atoms with E-state index in [9.17, 15) is 5.21 Å². The van der Waals surface area contributed by atoms with Crippen LogP contribution in [-0.4, -0.2) is 27.7 Å². The highest BCUT2D eigenvalue weighted by Crippen LogP contribution is 2.29. The third-order valence-electron chi connectivity index (χ3n) is 3.74. The van der Waals surface area contributed by atoms with Crippen molar-refractivity contribution in [2.45, 2.75) is 52.0 Å². The van der Waals surface area contributed by atoms with Crippen LogP contribution in [-0.2, 0) is 0 Å². The smallest absolute Gasteiger partial charge is 0.0645 e. The topological polar surface area (TPSA) is 49.5 Å². The fourth-order valence-corrected chi connectivity index (χ4v) is 2.62. The van der Waals surface area contributed by atoms with E-state index in [0.717, 1.165) is 12.8 Å². The Hall–Kier alpha value is 0.460. The van der Waals surface area contributed by atoms with Gasteiger partial charge in [0.2, 0.25) is 0 Å². The Bertz CT molecular complexity index is 205. The molecule has 104 valence electrons. The highest BCUT2D eigenvalue weighted by Gasteiger charge is 2.28. The van der Waals surface area contributed by atoms with E-state index in [1.165, 1.54) is 0 Å². The van der Waals surface area contributed by atoms with E-state index in [-0.39, 0.29) is 11.4 Å². The Morgan fingerprint density at radius 1 is 1.24 bits per heavy atom. The first kappa shape index (κ1) is 17.5. The summed E-state index contributed by atoms with van der Waals surface area (Å²) in [5, 5.41) is 9.78. The van der Waals surface area contributed by atoms with Gasteiger partial charge in [-0.25, -0.2) is 5.84 Å². The molecule has 3 N–H and O–H groups in total. The molecule has 0 aromatic heterocycles. The van der Waals surface area contributed by atoms with Gasteiger partial charge in [-0.2, -0.15) is 0 Å². The molecular formula is C12H26Cl2N2O. The van der Waals surface area contributed by atoms with Crippen molar-refractivity contribution >= 4 is 23.2 Å². The highest BCUT2D eigenvalue weighted by atomic mass is 35.5. The number of hydrazine groups is 1. The summed E-state index contributed by atoms with van der Waals surface area (Å²) in [6, 6.07) is -0.250. The summed E-state index contributed by atoms with van der Waals surface area (Å²) in [5.41, 5.74) is 0. The van der Waals surface area contributed by atoms with Crippen LogP contribution in [0, 0.1) is 17.8 Å². The third kappa shape index (κ3) is 5.75. The minimum Gasteiger partial charge on any atom is -0.299 e. The molecule has 0 rings (SSSR count). The van der Waals surface area contributed by atoms with E-state index < -0.39 is 0 Å². The summed E-state index contributed by atoms with van der Waals surface area (Å²) >= 11 is 12.2.